The number of carbonyl (C=O) groups excluding carboxylic acids is 1. The molecular weight excluding hydrogens is 474 g/mol. The van der Waals surface area contributed by atoms with E-state index in [-0.39, 0.29) is 12.5 Å². The third-order valence-corrected chi connectivity index (χ3v) is 7.21. The van der Waals surface area contributed by atoms with Gasteiger partial charge in [0.1, 0.15) is 23.8 Å². The lowest BCUT2D eigenvalue weighted by Gasteiger charge is -2.13. The first-order valence-electron chi connectivity index (χ1n) is 11.8. The van der Waals surface area contributed by atoms with E-state index in [2.05, 4.69) is 16.8 Å². The fourth-order valence-corrected chi connectivity index (χ4v) is 5.16. The van der Waals surface area contributed by atoms with Crippen LogP contribution in [-0.2, 0) is 11.3 Å². The molecule has 8 nitrogen and oxygen atoms in total. The maximum atomic E-state index is 12.8. The summed E-state index contributed by atoms with van der Waals surface area (Å²) in [4.78, 5) is 16.3. The molecule has 1 amide bonds. The Hall–Kier alpha value is -3.98. The van der Waals surface area contributed by atoms with Crippen LogP contribution in [-0.4, -0.2) is 50.8 Å². The van der Waals surface area contributed by atoms with E-state index in [4.69, 9.17) is 14.6 Å². The van der Waals surface area contributed by atoms with Crippen molar-refractivity contribution in [3.63, 3.8) is 0 Å². The number of ether oxygens (including phenoxy) is 2. The topological polar surface area (TPSA) is 81.9 Å². The lowest BCUT2D eigenvalue weighted by Crippen LogP contribution is -2.26. The summed E-state index contributed by atoms with van der Waals surface area (Å²) in [5, 5.41) is 13.3. The zero-order valence-corrected chi connectivity index (χ0v) is 21.1. The predicted octanol–water partition coefficient (Wildman–Crippen LogP) is 5.15. The summed E-state index contributed by atoms with van der Waals surface area (Å²) in [6.07, 6.45) is 5.65. The Morgan fingerprint density at radius 2 is 1.97 bits per heavy atom. The van der Waals surface area contributed by atoms with E-state index < -0.39 is 0 Å². The molecule has 5 rings (SSSR count). The van der Waals surface area contributed by atoms with Crippen molar-refractivity contribution < 1.29 is 14.3 Å². The number of hydrogen-bond donors (Lipinski definition) is 0. The van der Waals surface area contributed by atoms with Crippen LogP contribution in [0.15, 0.2) is 61.2 Å². The Balaban J connectivity index is 1.37. The summed E-state index contributed by atoms with van der Waals surface area (Å²) in [6, 6.07) is 13.4. The Morgan fingerprint density at radius 3 is 2.72 bits per heavy atom. The summed E-state index contributed by atoms with van der Waals surface area (Å²) in [7, 11) is 1.64. The first kappa shape index (κ1) is 23.7. The monoisotopic (exact) mass is 501 g/mol. The molecule has 1 fully saturated rings. The van der Waals surface area contributed by atoms with Gasteiger partial charge in [0.05, 0.1) is 16.9 Å². The molecule has 0 bridgehead atoms. The van der Waals surface area contributed by atoms with Crippen molar-refractivity contribution in [2.24, 2.45) is 0 Å². The van der Waals surface area contributed by atoms with Gasteiger partial charge in [-0.15, -0.1) is 21.5 Å². The van der Waals surface area contributed by atoms with Crippen molar-refractivity contribution in [1.29, 1.82) is 0 Å². The lowest BCUT2D eigenvalue weighted by molar-refractivity contribution is 0.0797. The van der Waals surface area contributed by atoms with E-state index in [0.29, 0.717) is 17.2 Å². The van der Waals surface area contributed by atoms with Gasteiger partial charge < -0.3 is 14.4 Å². The van der Waals surface area contributed by atoms with E-state index in [1.807, 2.05) is 60.4 Å². The lowest BCUT2D eigenvalue weighted by atomic mass is 10.1. The Kier molecular flexibility index (Phi) is 6.81. The number of amides is 1. The molecule has 1 aliphatic rings. The zero-order chi connectivity index (χ0) is 25.1. The van der Waals surface area contributed by atoms with Gasteiger partial charge in [-0.2, -0.15) is 9.61 Å². The molecule has 0 radical (unpaired) electrons. The fraction of sp³-hybridized carbons (Fsp3) is 0.259. The summed E-state index contributed by atoms with van der Waals surface area (Å²) in [5.74, 6) is 2.12. The minimum Gasteiger partial charge on any atom is -0.497 e. The largest absolute Gasteiger partial charge is 0.497 e. The van der Waals surface area contributed by atoms with Gasteiger partial charge in [0.2, 0.25) is 0 Å². The van der Waals surface area contributed by atoms with Crippen molar-refractivity contribution in [3.05, 3.63) is 83.0 Å². The number of carbonyl (C=O) groups is 1. The molecule has 1 saturated heterocycles. The maximum Gasteiger partial charge on any atom is 0.263 e. The first-order chi connectivity index (χ1) is 17.6. The van der Waals surface area contributed by atoms with Gasteiger partial charge in [-0.05, 0) is 73.9 Å². The number of hydrogen-bond acceptors (Lipinski definition) is 7. The summed E-state index contributed by atoms with van der Waals surface area (Å²) >= 11 is 1.46. The summed E-state index contributed by atoms with van der Waals surface area (Å²) < 4.78 is 13.1. The zero-order valence-electron chi connectivity index (χ0n) is 20.3. The molecule has 3 aromatic heterocycles. The second-order valence-corrected chi connectivity index (χ2v) is 9.59. The Morgan fingerprint density at radius 1 is 1.14 bits per heavy atom. The normalized spacial score (nSPS) is 13.8. The molecule has 1 aromatic carbocycles. The van der Waals surface area contributed by atoms with Crippen LogP contribution in [0.1, 0.15) is 39.5 Å². The third kappa shape index (κ3) is 4.74. The number of aromatic nitrogens is 4. The number of thiophene rings is 1. The fourth-order valence-electron chi connectivity index (χ4n) is 4.23. The minimum absolute atomic E-state index is 0.0959. The number of fused-ring (bicyclic) bond motifs is 1. The molecule has 0 spiro atoms. The van der Waals surface area contributed by atoms with E-state index in [0.717, 1.165) is 58.3 Å². The standard InChI is InChI=1S/C27H27N5O3S/c1-4-7-22(20-9-8-19(34-3)16-18(20)2)35-17-26-29-28-25-13-10-21(30-32(25)26)23-11-12-24(36-23)27(33)31-14-5-6-15-31/h4,7-13,16H,1,5-6,14-15,17H2,2-3H3/b22-7+. The molecule has 0 atom stereocenters. The molecule has 4 heterocycles. The van der Waals surface area contributed by atoms with Gasteiger partial charge in [0.25, 0.3) is 5.91 Å². The smallest absolute Gasteiger partial charge is 0.263 e. The van der Waals surface area contributed by atoms with Crippen molar-refractivity contribution >= 4 is 28.7 Å². The van der Waals surface area contributed by atoms with Gasteiger partial charge in [-0.25, -0.2) is 0 Å². The van der Waals surface area contributed by atoms with Gasteiger partial charge >= 0.3 is 0 Å². The van der Waals surface area contributed by atoms with Crippen LogP contribution < -0.4 is 4.74 Å². The number of allylic oxidation sites excluding steroid dienone is 2. The molecule has 9 heteroatoms. The first-order valence-corrected chi connectivity index (χ1v) is 12.6. The maximum absolute atomic E-state index is 12.8. The highest BCUT2D eigenvalue weighted by Gasteiger charge is 2.21. The van der Waals surface area contributed by atoms with Gasteiger partial charge in [-0.3, -0.25) is 4.79 Å². The van der Waals surface area contributed by atoms with E-state index >= 15 is 0 Å². The van der Waals surface area contributed by atoms with Crippen molar-refractivity contribution in [1.82, 2.24) is 24.7 Å². The predicted molar refractivity (Wildman–Crippen MR) is 140 cm³/mol. The van der Waals surface area contributed by atoms with Crippen LogP contribution in [0.4, 0.5) is 0 Å². The minimum atomic E-state index is 0.0959. The van der Waals surface area contributed by atoms with Crippen LogP contribution in [0.2, 0.25) is 0 Å². The number of aryl methyl sites for hydroxylation is 1. The SMILES string of the molecule is C=C/C=C(/OCc1nnc2ccc(-c3ccc(C(=O)N4CCCC4)s3)nn12)c1ccc(OC)cc1C. The van der Waals surface area contributed by atoms with Gasteiger partial charge in [-0.1, -0.05) is 12.7 Å². The molecule has 184 valence electrons. The van der Waals surface area contributed by atoms with E-state index in [9.17, 15) is 4.79 Å². The quantitative estimate of drug-likeness (QED) is 0.245. The van der Waals surface area contributed by atoms with Gasteiger partial charge in [0.15, 0.2) is 11.5 Å². The van der Waals surface area contributed by atoms with Crippen molar-refractivity contribution in [2.45, 2.75) is 26.4 Å². The van der Waals surface area contributed by atoms with Crippen LogP contribution in [0.25, 0.3) is 22.0 Å². The number of nitrogens with zero attached hydrogens (tertiary/aromatic N) is 5. The second-order valence-electron chi connectivity index (χ2n) is 8.50. The molecule has 0 saturated carbocycles. The highest BCUT2D eigenvalue weighted by atomic mass is 32.1. The molecule has 1 aliphatic heterocycles. The van der Waals surface area contributed by atoms with Crippen molar-refractivity contribution in [2.75, 3.05) is 20.2 Å². The Bertz CT molecular complexity index is 1450. The molecule has 0 N–H and O–H groups in total. The molecule has 4 aromatic rings. The number of rotatable bonds is 8. The van der Waals surface area contributed by atoms with Crippen LogP contribution in [0.5, 0.6) is 5.75 Å². The molecule has 36 heavy (non-hydrogen) atoms. The second kappa shape index (κ2) is 10.3. The third-order valence-electron chi connectivity index (χ3n) is 6.11. The molecule has 0 unspecified atom stereocenters. The van der Waals surface area contributed by atoms with Crippen molar-refractivity contribution in [3.8, 4) is 16.3 Å². The van der Waals surface area contributed by atoms with Crippen LogP contribution in [0.3, 0.4) is 0 Å². The molecule has 0 aliphatic carbocycles. The summed E-state index contributed by atoms with van der Waals surface area (Å²) in [6.45, 7) is 7.66. The van der Waals surface area contributed by atoms with Gasteiger partial charge in [0, 0.05) is 18.7 Å². The number of likely N-dealkylation sites (tertiary alicyclic amines) is 1. The Labute approximate surface area is 213 Å². The highest BCUT2D eigenvalue weighted by Crippen LogP contribution is 2.29. The van der Waals surface area contributed by atoms with E-state index in [1.54, 1.807) is 17.7 Å². The van der Waals surface area contributed by atoms with Crippen LogP contribution >= 0.6 is 11.3 Å². The average Bonchev–Trinajstić information content (AvgIpc) is 3.67. The van der Waals surface area contributed by atoms with E-state index in [1.165, 1.54) is 11.3 Å². The highest BCUT2D eigenvalue weighted by molar-refractivity contribution is 7.17. The van der Waals surface area contributed by atoms with Crippen LogP contribution in [0, 0.1) is 6.92 Å². The average molecular weight is 502 g/mol. The number of methoxy groups -OCH3 is 1. The summed E-state index contributed by atoms with van der Waals surface area (Å²) in [5.41, 5.74) is 3.33. The molecular formula is C27H27N5O3S. The number of benzene rings is 1.